The minimum Gasteiger partial charge on any atom is -0.490 e. The first-order valence-corrected chi connectivity index (χ1v) is 11.9. The van der Waals surface area contributed by atoms with Gasteiger partial charge in [-0.25, -0.2) is 0 Å². The van der Waals surface area contributed by atoms with Gasteiger partial charge in [0.15, 0.2) is 11.0 Å². The molecule has 1 fully saturated rings. The summed E-state index contributed by atoms with van der Waals surface area (Å²) < 4.78 is 8.04. The van der Waals surface area contributed by atoms with Crippen molar-refractivity contribution in [3.05, 3.63) is 66.7 Å². The number of rotatable bonds is 9. The number of amides is 1. The Morgan fingerprint density at radius 3 is 2.66 bits per heavy atom. The summed E-state index contributed by atoms with van der Waals surface area (Å²) in [6.07, 6.45) is 6.90. The van der Waals surface area contributed by atoms with Crippen LogP contribution in [0.1, 0.15) is 31.2 Å². The van der Waals surface area contributed by atoms with Gasteiger partial charge in [0.05, 0.1) is 11.9 Å². The lowest BCUT2D eigenvalue weighted by molar-refractivity contribution is -0.113. The van der Waals surface area contributed by atoms with E-state index in [1.807, 2.05) is 66.1 Å². The molecular formula is C25H28N4O2S. The molecule has 0 bridgehead atoms. The third-order valence-electron chi connectivity index (χ3n) is 5.50. The van der Waals surface area contributed by atoms with E-state index in [9.17, 15) is 4.79 Å². The van der Waals surface area contributed by atoms with Gasteiger partial charge >= 0.3 is 0 Å². The second kappa shape index (κ2) is 10.5. The third-order valence-corrected chi connectivity index (χ3v) is 6.46. The van der Waals surface area contributed by atoms with Crippen LogP contribution in [0.3, 0.4) is 0 Å². The van der Waals surface area contributed by atoms with E-state index in [1.54, 1.807) is 0 Å². The fourth-order valence-corrected chi connectivity index (χ4v) is 4.56. The van der Waals surface area contributed by atoms with Crippen LogP contribution in [0.5, 0.6) is 5.75 Å². The number of anilines is 1. The molecule has 32 heavy (non-hydrogen) atoms. The monoisotopic (exact) mass is 448 g/mol. The minimum atomic E-state index is -0.0765. The van der Waals surface area contributed by atoms with E-state index < -0.39 is 0 Å². The number of aryl methyl sites for hydroxylation is 1. The van der Waals surface area contributed by atoms with Crippen molar-refractivity contribution in [3.63, 3.8) is 0 Å². The Morgan fingerprint density at radius 1 is 1.19 bits per heavy atom. The molecule has 1 heterocycles. The van der Waals surface area contributed by atoms with Crippen molar-refractivity contribution in [2.24, 2.45) is 0 Å². The molecule has 1 aromatic heterocycles. The summed E-state index contributed by atoms with van der Waals surface area (Å²) in [5.74, 6) is 1.81. The zero-order valence-corrected chi connectivity index (χ0v) is 19.1. The van der Waals surface area contributed by atoms with Gasteiger partial charge in [0, 0.05) is 17.8 Å². The van der Waals surface area contributed by atoms with Crippen LogP contribution in [-0.4, -0.2) is 32.5 Å². The largest absolute Gasteiger partial charge is 0.490 e. The lowest BCUT2D eigenvalue weighted by Gasteiger charge is -2.13. The maximum absolute atomic E-state index is 12.4. The topological polar surface area (TPSA) is 69.0 Å². The van der Waals surface area contributed by atoms with E-state index >= 15 is 0 Å². The fraction of sp³-hybridized carbons (Fsp3) is 0.320. The van der Waals surface area contributed by atoms with Gasteiger partial charge in [-0.2, -0.15) is 0 Å². The molecule has 0 saturated heterocycles. The SMILES string of the molecule is C=CCn1c(SCC(=O)Nc2ccccc2C)nnc1-c1ccc(OC2CCCC2)cc1. The number of nitrogens with zero attached hydrogens (tertiary/aromatic N) is 3. The molecule has 0 radical (unpaired) electrons. The standard InChI is InChI=1S/C25H28N4O2S/c1-3-16-29-24(19-12-14-21(15-13-19)31-20-9-5-6-10-20)27-28-25(29)32-17-23(30)26-22-11-7-4-8-18(22)2/h3-4,7-8,11-15,20H,1,5-6,9-10,16-17H2,2H3,(H,26,30). The average Bonchev–Trinajstić information content (AvgIpc) is 3.45. The first-order valence-electron chi connectivity index (χ1n) is 10.9. The number of hydrogen-bond donors (Lipinski definition) is 1. The van der Waals surface area contributed by atoms with E-state index in [-0.39, 0.29) is 11.7 Å². The van der Waals surface area contributed by atoms with Gasteiger partial charge in [-0.1, -0.05) is 36.0 Å². The molecule has 0 spiro atoms. The molecule has 0 aliphatic heterocycles. The van der Waals surface area contributed by atoms with Crippen LogP contribution >= 0.6 is 11.8 Å². The number of aromatic nitrogens is 3. The van der Waals surface area contributed by atoms with Crippen LogP contribution in [0.2, 0.25) is 0 Å². The lowest BCUT2D eigenvalue weighted by Crippen LogP contribution is -2.15. The van der Waals surface area contributed by atoms with E-state index in [0.717, 1.165) is 41.2 Å². The molecule has 4 rings (SSSR count). The van der Waals surface area contributed by atoms with Crippen LogP contribution in [0.15, 0.2) is 66.3 Å². The summed E-state index contributed by atoms with van der Waals surface area (Å²) in [7, 11) is 0. The molecule has 1 amide bonds. The van der Waals surface area contributed by atoms with Crippen molar-refractivity contribution in [1.82, 2.24) is 14.8 Å². The summed E-state index contributed by atoms with van der Waals surface area (Å²) in [6, 6.07) is 15.7. The first-order chi connectivity index (χ1) is 15.6. The smallest absolute Gasteiger partial charge is 0.234 e. The summed E-state index contributed by atoms with van der Waals surface area (Å²) in [5, 5.41) is 12.4. The second-order valence-corrected chi connectivity index (χ2v) is 8.85. The Kier molecular flexibility index (Phi) is 7.27. The maximum atomic E-state index is 12.4. The molecule has 0 atom stereocenters. The molecular weight excluding hydrogens is 420 g/mol. The number of allylic oxidation sites excluding steroid dienone is 1. The van der Waals surface area contributed by atoms with Gasteiger partial charge in [0.2, 0.25) is 5.91 Å². The summed E-state index contributed by atoms with van der Waals surface area (Å²) in [4.78, 5) is 12.4. The van der Waals surface area contributed by atoms with Crippen molar-refractivity contribution in [2.45, 2.75) is 50.4 Å². The van der Waals surface area contributed by atoms with Crippen molar-refractivity contribution in [3.8, 4) is 17.1 Å². The van der Waals surface area contributed by atoms with E-state index in [4.69, 9.17) is 4.74 Å². The number of carbonyl (C=O) groups is 1. The molecule has 1 N–H and O–H groups in total. The van der Waals surface area contributed by atoms with Crippen LogP contribution in [0.4, 0.5) is 5.69 Å². The van der Waals surface area contributed by atoms with Crippen LogP contribution in [0, 0.1) is 6.92 Å². The highest BCUT2D eigenvalue weighted by molar-refractivity contribution is 7.99. The van der Waals surface area contributed by atoms with Gasteiger partial charge in [-0.05, 0) is 68.5 Å². The Balaban J connectivity index is 1.43. The molecule has 6 nitrogen and oxygen atoms in total. The molecule has 7 heteroatoms. The van der Waals surface area contributed by atoms with Crippen LogP contribution in [-0.2, 0) is 11.3 Å². The van der Waals surface area contributed by atoms with Gasteiger partial charge in [0.1, 0.15) is 5.75 Å². The van der Waals surface area contributed by atoms with Gasteiger partial charge in [-0.15, -0.1) is 16.8 Å². The Morgan fingerprint density at radius 2 is 1.94 bits per heavy atom. The maximum Gasteiger partial charge on any atom is 0.234 e. The highest BCUT2D eigenvalue weighted by Gasteiger charge is 2.18. The molecule has 166 valence electrons. The Labute approximate surface area is 193 Å². The highest BCUT2D eigenvalue weighted by Crippen LogP contribution is 2.28. The van der Waals surface area contributed by atoms with Gasteiger partial charge in [0.25, 0.3) is 0 Å². The van der Waals surface area contributed by atoms with E-state index in [2.05, 4.69) is 22.1 Å². The highest BCUT2D eigenvalue weighted by atomic mass is 32.2. The number of para-hydroxylation sites is 1. The third kappa shape index (κ3) is 5.40. The van der Waals surface area contributed by atoms with Crippen molar-refractivity contribution in [2.75, 3.05) is 11.1 Å². The average molecular weight is 449 g/mol. The summed E-state index contributed by atoms with van der Waals surface area (Å²) in [6.45, 7) is 6.39. The lowest BCUT2D eigenvalue weighted by atomic mass is 10.2. The van der Waals surface area contributed by atoms with Gasteiger partial charge < -0.3 is 10.1 Å². The second-order valence-electron chi connectivity index (χ2n) is 7.91. The fourth-order valence-electron chi connectivity index (χ4n) is 3.81. The van der Waals surface area contributed by atoms with Crippen LogP contribution < -0.4 is 10.1 Å². The molecule has 1 aliphatic carbocycles. The number of ether oxygens (including phenoxy) is 1. The van der Waals surface area contributed by atoms with Crippen LogP contribution in [0.25, 0.3) is 11.4 Å². The van der Waals surface area contributed by atoms with Crippen molar-refractivity contribution in [1.29, 1.82) is 0 Å². The predicted molar refractivity (Wildman–Crippen MR) is 129 cm³/mol. The first kappa shape index (κ1) is 22.1. The zero-order chi connectivity index (χ0) is 22.3. The van der Waals surface area contributed by atoms with Crippen molar-refractivity contribution >= 4 is 23.4 Å². The van der Waals surface area contributed by atoms with E-state index in [0.29, 0.717) is 17.8 Å². The summed E-state index contributed by atoms with van der Waals surface area (Å²) in [5.41, 5.74) is 2.81. The van der Waals surface area contributed by atoms with E-state index in [1.165, 1.54) is 24.6 Å². The molecule has 1 saturated carbocycles. The molecule has 3 aromatic rings. The Bertz CT molecular complexity index is 1070. The molecule has 0 unspecified atom stereocenters. The Hall–Kier alpha value is -3.06. The minimum absolute atomic E-state index is 0.0765. The number of hydrogen-bond acceptors (Lipinski definition) is 5. The van der Waals surface area contributed by atoms with Crippen molar-refractivity contribution < 1.29 is 9.53 Å². The number of thioether (sulfide) groups is 1. The number of carbonyl (C=O) groups excluding carboxylic acids is 1. The molecule has 2 aromatic carbocycles. The van der Waals surface area contributed by atoms with Gasteiger partial charge in [-0.3, -0.25) is 9.36 Å². The quantitative estimate of drug-likeness (QED) is 0.346. The normalized spacial score (nSPS) is 13.8. The predicted octanol–water partition coefficient (Wildman–Crippen LogP) is 5.49. The molecule has 1 aliphatic rings. The summed E-state index contributed by atoms with van der Waals surface area (Å²) >= 11 is 1.37. The zero-order valence-electron chi connectivity index (χ0n) is 18.3. The number of nitrogens with one attached hydrogen (secondary N) is 1. The number of benzene rings is 2.